The van der Waals surface area contributed by atoms with E-state index in [0.29, 0.717) is 19.3 Å². The van der Waals surface area contributed by atoms with Gasteiger partial charge in [-0.3, -0.25) is 14.4 Å². The maximum atomic E-state index is 12.8. The summed E-state index contributed by atoms with van der Waals surface area (Å²) >= 11 is 0. The molecule has 6 heteroatoms. The number of carbonyl (C=O) groups excluding carboxylic acids is 3. The molecule has 0 N–H and O–H groups in total. The molecule has 0 heterocycles. The van der Waals surface area contributed by atoms with Gasteiger partial charge in [-0.1, -0.05) is 201 Å². The monoisotopic (exact) mass is 901 g/mol. The van der Waals surface area contributed by atoms with Crippen molar-refractivity contribution in [3.05, 3.63) is 109 Å². The molecule has 0 aromatic carbocycles. The topological polar surface area (TPSA) is 78.9 Å². The van der Waals surface area contributed by atoms with Crippen LogP contribution in [0.3, 0.4) is 0 Å². The minimum atomic E-state index is -0.815. The summed E-state index contributed by atoms with van der Waals surface area (Å²) in [5, 5.41) is 0. The van der Waals surface area contributed by atoms with Gasteiger partial charge in [0.1, 0.15) is 13.2 Å². The highest BCUT2D eigenvalue weighted by Crippen LogP contribution is 2.13. The number of hydrogen-bond donors (Lipinski definition) is 0. The van der Waals surface area contributed by atoms with Gasteiger partial charge in [-0.05, 0) is 116 Å². The lowest BCUT2D eigenvalue weighted by Crippen LogP contribution is -2.30. The fourth-order valence-corrected chi connectivity index (χ4v) is 6.84. The van der Waals surface area contributed by atoms with Gasteiger partial charge >= 0.3 is 17.9 Å². The van der Waals surface area contributed by atoms with E-state index in [-0.39, 0.29) is 37.5 Å². The van der Waals surface area contributed by atoms with Crippen LogP contribution in [0.5, 0.6) is 0 Å². The molecular formula is C59H96O6. The number of ether oxygens (including phenoxy) is 3. The summed E-state index contributed by atoms with van der Waals surface area (Å²) in [6.45, 7) is 6.33. The molecule has 0 bridgehead atoms. The minimum Gasteiger partial charge on any atom is -0.462 e. The van der Waals surface area contributed by atoms with Gasteiger partial charge in [0.25, 0.3) is 0 Å². The second-order valence-electron chi connectivity index (χ2n) is 17.0. The summed E-state index contributed by atoms with van der Waals surface area (Å²) in [5.74, 6) is -0.999. The van der Waals surface area contributed by atoms with Crippen molar-refractivity contribution in [3.8, 4) is 0 Å². The maximum Gasteiger partial charge on any atom is 0.306 e. The summed E-state index contributed by atoms with van der Waals surface area (Å²) in [6, 6.07) is 0. The SMILES string of the molecule is CC/C=C\C/C=C\C/C=C\C/C=C\C/C=C\CCCC(=O)OC[C@H](COC(=O)CCCCCCC/C=C\CCCCCCCC)OC(=O)CCCCCCC/C=C\C/C=C\C/C=C\CC. The third-order valence-corrected chi connectivity index (χ3v) is 10.7. The van der Waals surface area contributed by atoms with E-state index in [1.807, 2.05) is 0 Å². The highest BCUT2D eigenvalue weighted by Gasteiger charge is 2.19. The standard InChI is InChI=1S/C59H96O6/c1-4-7-10-13-16-19-22-25-28-29-32-34-37-40-43-46-49-52-58(61)64-55-56(65-59(62)53-50-47-44-41-38-35-31-27-24-21-18-15-12-9-6-3)54-63-57(60)51-48-45-42-39-36-33-30-26-23-20-17-14-11-8-5-2/h7,9-10,12,16,18-19,21,25-28,30-32,34,40,43,56H,4-6,8,11,13-15,17,20,22-24,29,33,35-39,41-42,44-55H2,1-3H3/b10-7-,12-9-,19-16-,21-18-,28-25-,30-26-,31-27-,34-32-,43-40-/t56-/m0/s1. The van der Waals surface area contributed by atoms with Crippen molar-refractivity contribution in [2.24, 2.45) is 0 Å². The number of hydrogen-bond acceptors (Lipinski definition) is 6. The zero-order chi connectivity index (χ0) is 47.2. The minimum absolute atomic E-state index is 0.109. The first-order valence-corrected chi connectivity index (χ1v) is 26.4. The smallest absolute Gasteiger partial charge is 0.306 e. The fraction of sp³-hybridized carbons (Fsp3) is 0.644. The Hall–Kier alpha value is -3.93. The van der Waals surface area contributed by atoms with E-state index in [9.17, 15) is 14.4 Å². The molecule has 0 fully saturated rings. The van der Waals surface area contributed by atoms with Crippen LogP contribution in [0, 0.1) is 0 Å². The molecule has 0 unspecified atom stereocenters. The van der Waals surface area contributed by atoms with Crippen LogP contribution >= 0.6 is 0 Å². The lowest BCUT2D eigenvalue weighted by Gasteiger charge is -2.18. The molecule has 0 amide bonds. The summed E-state index contributed by atoms with van der Waals surface area (Å²) in [4.78, 5) is 38.0. The number of carbonyl (C=O) groups is 3. The molecule has 1 atom stereocenters. The van der Waals surface area contributed by atoms with Crippen LogP contribution < -0.4 is 0 Å². The van der Waals surface area contributed by atoms with Gasteiger partial charge in [0.2, 0.25) is 0 Å². The molecular weight excluding hydrogens is 805 g/mol. The largest absolute Gasteiger partial charge is 0.462 e. The van der Waals surface area contributed by atoms with Crippen LogP contribution in [0.1, 0.15) is 226 Å². The van der Waals surface area contributed by atoms with Crippen molar-refractivity contribution < 1.29 is 28.6 Å². The average molecular weight is 901 g/mol. The summed E-state index contributed by atoms with van der Waals surface area (Å²) < 4.78 is 16.7. The highest BCUT2D eigenvalue weighted by molar-refractivity contribution is 5.71. The van der Waals surface area contributed by atoms with Crippen LogP contribution in [0.25, 0.3) is 0 Å². The van der Waals surface area contributed by atoms with E-state index in [2.05, 4.69) is 130 Å². The van der Waals surface area contributed by atoms with Gasteiger partial charge in [-0.15, -0.1) is 0 Å². The average Bonchev–Trinajstić information content (AvgIpc) is 3.30. The molecule has 0 radical (unpaired) electrons. The van der Waals surface area contributed by atoms with Crippen LogP contribution in [0.2, 0.25) is 0 Å². The summed E-state index contributed by atoms with van der Waals surface area (Å²) in [5.41, 5.74) is 0. The molecule has 65 heavy (non-hydrogen) atoms. The number of unbranched alkanes of at least 4 members (excludes halogenated alkanes) is 17. The summed E-state index contributed by atoms with van der Waals surface area (Å²) in [7, 11) is 0. The van der Waals surface area contributed by atoms with Crippen molar-refractivity contribution in [1.29, 1.82) is 0 Å². The first kappa shape index (κ1) is 61.1. The predicted octanol–water partition coefficient (Wildman–Crippen LogP) is 17.5. The Morgan fingerprint density at radius 3 is 1.02 bits per heavy atom. The van der Waals surface area contributed by atoms with E-state index in [1.54, 1.807) is 0 Å². The van der Waals surface area contributed by atoms with Gasteiger partial charge in [-0.2, -0.15) is 0 Å². The molecule has 0 saturated carbocycles. The third-order valence-electron chi connectivity index (χ3n) is 10.7. The van der Waals surface area contributed by atoms with Crippen molar-refractivity contribution in [3.63, 3.8) is 0 Å². The molecule has 0 aromatic heterocycles. The van der Waals surface area contributed by atoms with Crippen LogP contribution in [0.4, 0.5) is 0 Å². The highest BCUT2D eigenvalue weighted by atomic mass is 16.6. The molecule has 6 nitrogen and oxygen atoms in total. The van der Waals surface area contributed by atoms with Crippen molar-refractivity contribution in [1.82, 2.24) is 0 Å². The number of esters is 3. The van der Waals surface area contributed by atoms with Gasteiger partial charge in [0, 0.05) is 19.3 Å². The Morgan fingerprint density at radius 2 is 0.615 bits per heavy atom. The van der Waals surface area contributed by atoms with E-state index in [0.717, 1.165) is 128 Å². The molecule has 368 valence electrons. The first-order chi connectivity index (χ1) is 32.0. The maximum absolute atomic E-state index is 12.8. The summed E-state index contributed by atoms with van der Waals surface area (Å²) in [6.07, 6.45) is 70.7. The van der Waals surface area contributed by atoms with Crippen LogP contribution in [-0.4, -0.2) is 37.2 Å². The van der Waals surface area contributed by atoms with Gasteiger partial charge in [0.05, 0.1) is 0 Å². The fourth-order valence-electron chi connectivity index (χ4n) is 6.84. The van der Waals surface area contributed by atoms with Crippen molar-refractivity contribution in [2.45, 2.75) is 232 Å². The van der Waals surface area contributed by atoms with Gasteiger partial charge in [0.15, 0.2) is 6.10 Å². The lowest BCUT2D eigenvalue weighted by atomic mass is 10.1. The molecule has 0 aliphatic rings. The third kappa shape index (κ3) is 50.9. The van der Waals surface area contributed by atoms with E-state index in [4.69, 9.17) is 14.2 Å². The lowest BCUT2D eigenvalue weighted by molar-refractivity contribution is -0.167. The second-order valence-corrected chi connectivity index (χ2v) is 17.0. The molecule has 0 aromatic rings. The van der Waals surface area contributed by atoms with Gasteiger partial charge < -0.3 is 14.2 Å². The van der Waals surface area contributed by atoms with Gasteiger partial charge in [-0.25, -0.2) is 0 Å². The number of allylic oxidation sites excluding steroid dienone is 18. The van der Waals surface area contributed by atoms with E-state index < -0.39 is 6.10 Å². The Morgan fingerprint density at radius 1 is 0.323 bits per heavy atom. The molecule has 0 rings (SSSR count). The first-order valence-electron chi connectivity index (χ1n) is 26.4. The van der Waals surface area contributed by atoms with Crippen molar-refractivity contribution >= 4 is 17.9 Å². The van der Waals surface area contributed by atoms with E-state index in [1.165, 1.54) is 51.4 Å². The predicted molar refractivity (Wildman–Crippen MR) is 279 cm³/mol. The second kappa shape index (κ2) is 52.7. The van der Waals surface area contributed by atoms with Crippen molar-refractivity contribution in [2.75, 3.05) is 13.2 Å². The molecule has 0 spiro atoms. The molecule has 0 aliphatic carbocycles. The Balaban J connectivity index is 4.53. The number of rotatable bonds is 46. The molecule has 0 saturated heterocycles. The Bertz CT molecular complexity index is 1360. The normalized spacial score (nSPS) is 13.0. The Kier molecular flexibility index (Phi) is 49.5. The molecule has 0 aliphatic heterocycles. The van der Waals surface area contributed by atoms with Crippen LogP contribution in [0.15, 0.2) is 109 Å². The zero-order valence-corrected chi connectivity index (χ0v) is 42.0. The zero-order valence-electron chi connectivity index (χ0n) is 42.0. The van der Waals surface area contributed by atoms with E-state index >= 15 is 0 Å². The van der Waals surface area contributed by atoms with Crippen LogP contribution in [-0.2, 0) is 28.6 Å². The Labute approximate surface area is 400 Å². The quantitative estimate of drug-likeness (QED) is 0.0262.